The van der Waals surface area contributed by atoms with Crippen molar-refractivity contribution in [1.82, 2.24) is 5.32 Å². The SMILES string of the molecule is CNC(COc1cccc(Cl)c1)c1cc(Cl)ccc1Cl. The Hall–Kier alpha value is -0.930. The summed E-state index contributed by atoms with van der Waals surface area (Å²) in [6.45, 7) is 0.427. The molecule has 0 saturated heterocycles. The molecule has 20 heavy (non-hydrogen) atoms. The van der Waals surface area contributed by atoms with Crippen molar-refractivity contribution in [1.29, 1.82) is 0 Å². The monoisotopic (exact) mass is 329 g/mol. The minimum Gasteiger partial charge on any atom is -0.492 e. The van der Waals surface area contributed by atoms with E-state index in [1.54, 1.807) is 24.3 Å². The van der Waals surface area contributed by atoms with Crippen molar-refractivity contribution in [3.8, 4) is 5.75 Å². The molecule has 1 atom stereocenters. The maximum absolute atomic E-state index is 6.20. The Kier molecular flexibility index (Phi) is 5.55. The molecule has 2 rings (SSSR count). The molecule has 0 bridgehead atoms. The Morgan fingerprint density at radius 2 is 1.80 bits per heavy atom. The molecule has 2 aromatic carbocycles. The van der Waals surface area contributed by atoms with Gasteiger partial charge >= 0.3 is 0 Å². The van der Waals surface area contributed by atoms with E-state index in [4.69, 9.17) is 39.5 Å². The van der Waals surface area contributed by atoms with Gasteiger partial charge in [0.2, 0.25) is 0 Å². The van der Waals surface area contributed by atoms with E-state index in [-0.39, 0.29) is 6.04 Å². The van der Waals surface area contributed by atoms with E-state index in [0.29, 0.717) is 21.7 Å². The smallest absolute Gasteiger partial charge is 0.120 e. The minimum atomic E-state index is -0.0554. The average Bonchev–Trinajstić information content (AvgIpc) is 2.43. The number of benzene rings is 2. The quantitative estimate of drug-likeness (QED) is 0.834. The van der Waals surface area contributed by atoms with Crippen molar-refractivity contribution in [3.05, 3.63) is 63.1 Å². The normalized spacial score (nSPS) is 12.2. The van der Waals surface area contributed by atoms with E-state index >= 15 is 0 Å². The lowest BCUT2D eigenvalue weighted by Crippen LogP contribution is -2.23. The molecule has 1 N–H and O–H groups in total. The molecule has 2 nitrogen and oxygen atoms in total. The molecule has 0 aromatic heterocycles. The molecule has 0 heterocycles. The van der Waals surface area contributed by atoms with E-state index in [2.05, 4.69) is 5.32 Å². The average molecular weight is 331 g/mol. The Morgan fingerprint density at radius 3 is 2.50 bits per heavy atom. The van der Waals surface area contributed by atoms with Crippen molar-refractivity contribution in [2.45, 2.75) is 6.04 Å². The van der Waals surface area contributed by atoms with Crippen LogP contribution in [-0.4, -0.2) is 13.7 Å². The van der Waals surface area contributed by atoms with Crippen LogP contribution < -0.4 is 10.1 Å². The summed E-state index contributed by atoms with van der Waals surface area (Å²) in [4.78, 5) is 0. The molecule has 0 fully saturated rings. The number of hydrogen-bond acceptors (Lipinski definition) is 2. The van der Waals surface area contributed by atoms with Crippen LogP contribution in [0.25, 0.3) is 0 Å². The molecule has 0 saturated carbocycles. The Labute approximate surface area is 133 Å². The first-order valence-electron chi connectivity index (χ1n) is 6.10. The van der Waals surface area contributed by atoms with Gasteiger partial charge in [-0.1, -0.05) is 40.9 Å². The van der Waals surface area contributed by atoms with Gasteiger partial charge < -0.3 is 10.1 Å². The zero-order valence-corrected chi connectivity index (χ0v) is 13.1. The van der Waals surface area contributed by atoms with Gasteiger partial charge in [-0.15, -0.1) is 0 Å². The van der Waals surface area contributed by atoms with Crippen LogP contribution in [0.5, 0.6) is 5.75 Å². The highest BCUT2D eigenvalue weighted by Crippen LogP contribution is 2.27. The first-order chi connectivity index (χ1) is 9.60. The predicted octanol–water partition coefficient (Wildman–Crippen LogP) is 4.99. The topological polar surface area (TPSA) is 21.3 Å². The third kappa shape index (κ3) is 4.03. The van der Waals surface area contributed by atoms with Crippen molar-refractivity contribution in [2.24, 2.45) is 0 Å². The second-order valence-corrected chi connectivity index (χ2v) is 5.56. The maximum atomic E-state index is 6.20. The first-order valence-corrected chi connectivity index (χ1v) is 7.24. The van der Waals surface area contributed by atoms with Gasteiger partial charge in [0, 0.05) is 15.1 Å². The lowest BCUT2D eigenvalue weighted by atomic mass is 10.1. The third-order valence-corrected chi connectivity index (χ3v) is 3.71. The van der Waals surface area contributed by atoms with Crippen LogP contribution in [0.2, 0.25) is 15.1 Å². The summed E-state index contributed by atoms with van der Waals surface area (Å²) in [5, 5.41) is 5.11. The standard InChI is InChI=1S/C15H14Cl3NO/c1-19-15(13-8-11(17)5-6-14(13)18)9-20-12-4-2-3-10(16)7-12/h2-8,15,19H,9H2,1H3. The highest BCUT2D eigenvalue weighted by Gasteiger charge is 2.14. The second-order valence-electron chi connectivity index (χ2n) is 4.28. The predicted molar refractivity (Wildman–Crippen MR) is 85.2 cm³/mol. The second kappa shape index (κ2) is 7.19. The van der Waals surface area contributed by atoms with Gasteiger partial charge in [-0.3, -0.25) is 0 Å². The van der Waals surface area contributed by atoms with E-state index < -0.39 is 0 Å². The fourth-order valence-corrected chi connectivity index (χ4v) is 2.46. The number of nitrogens with one attached hydrogen (secondary N) is 1. The van der Waals surface area contributed by atoms with Crippen molar-refractivity contribution in [2.75, 3.05) is 13.7 Å². The van der Waals surface area contributed by atoms with Crippen LogP contribution in [0, 0.1) is 0 Å². The van der Waals surface area contributed by atoms with Gasteiger partial charge in [0.15, 0.2) is 0 Å². The fourth-order valence-electron chi connectivity index (χ4n) is 1.85. The van der Waals surface area contributed by atoms with Crippen LogP contribution in [-0.2, 0) is 0 Å². The van der Waals surface area contributed by atoms with Crippen LogP contribution in [0.3, 0.4) is 0 Å². The molecule has 5 heteroatoms. The Bertz CT molecular complexity index is 589. The van der Waals surface area contributed by atoms with Crippen LogP contribution in [0.15, 0.2) is 42.5 Å². The summed E-state index contributed by atoms with van der Waals surface area (Å²) >= 11 is 18.1. The molecule has 2 aromatic rings. The Morgan fingerprint density at radius 1 is 1.05 bits per heavy atom. The van der Waals surface area contributed by atoms with Gasteiger partial charge in [-0.2, -0.15) is 0 Å². The van der Waals surface area contributed by atoms with Crippen LogP contribution in [0.4, 0.5) is 0 Å². The molecule has 0 aliphatic rings. The first kappa shape index (κ1) is 15.5. The number of halogens is 3. The highest BCUT2D eigenvalue weighted by molar-refractivity contribution is 6.33. The van der Waals surface area contributed by atoms with E-state index in [9.17, 15) is 0 Å². The van der Waals surface area contributed by atoms with Crippen molar-refractivity contribution in [3.63, 3.8) is 0 Å². The molecule has 0 radical (unpaired) electrons. The minimum absolute atomic E-state index is 0.0554. The van der Waals surface area contributed by atoms with Gasteiger partial charge in [0.05, 0.1) is 6.04 Å². The van der Waals surface area contributed by atoms with Gasteiger partial charge in [0.25, 0.3) is 0 Å². The zero-order valence-electron chi connectivity index (χ0n) is 10.9. The van der Waals surface area contributed by atoms with E-state index in [1.165, 1.54) is 0 Å². The lowest BCUT2D eigenvalue weighted by molar-refractivity contribution is 0.273. The summed E-state index contributed by atoms with van der Waals surface area (Å²) < 4.78 is 5.74. The number of hydrogen-bond donors (Lipinski definition) is 1. The van der Waals surface area contributed by atoms with E-state index in [1.807, 2.05) is 25.2 Å². The Balaban J connectivity index is 2.11. The maximum Gasteiger partial charge on any atom is 0.120 e. The molecule has 106 valence electrons. The zero-order chi connectivity index (χ0) is 14.5. The number of rotatable bonds is 5. The summed E-state index contributed by atoms with van der Waals surface area (Å²) in [5.74, 6) is 0.718. The summed E-state index contributed by atoms with van der Waals surface area (Å²) in [5.41, 5.74) is 0.906. The largest absolute Gasteiger partial charge is 0.492 e. The highest BCUT2D eigenvalue weighted by atomic mass is 35.5. The molecular formula is C15H14Cl3NO. The van der Waals surface area contributed by atoms with Crippen LogP contribution in [0.1, 0.15) is 11.6 Å². The molecule has 0 spiro atoms. The van der Waals surface area contributed by atoms with Gasteiger partial charge in [-0.05, 0) is 49.0 Å². The molecular weight excluding hydrogens is 317 g/mol. The molecule has 0 aliphatic heterocycles. The molecule has 0 aliphatic carbocycles. The summed E-state index contributed by atoms with van der Waals surface area (Å²) in [6, 6.07) is 12.6. The lowest BCUT2D eigenvalue weighted by Gasteiger charge is -2.19. The van der Waals surface area contributed by atoms with Gasteiger partial charge in [-0.25, -0.2) is 0 Å². The summed E-state index contributed by atoms with van der Waals surface area (Å²) in [7, 11) is 1.85. The molecule has 1 unspecified atom stereocenters. The number of likely N-dealkylation sites (N-methyl/N-ethyl adjacent to an activating group) is 1. The van der Waals surface area contributed by atoms with Crippen LogP contribution >= 0.6 is 34.8 Å². The molecule has 0 amide bonds. The van der Waals surface area contributed by atoms with E-state index in [0.717, 1.165) is 11.3 Å². The fraction of sp³-hybridized carbons (Fsp3) is 0.200. The van der Waals surface area contributed by atoms with Gasteiger partial charge in [0.1, 0.15) is 12.4 Å². The van der Waals surface area contributed by atoms with Crippen molar-refractivity contribution >= 4 is 34.8 Å². The number of ether oxygens (including phenoxy) is 1. The summed E-state index contributed by atoms with van der Waals surface area (Å²) in [6.07, 6.45) is 0. The van der Waals surface area contributed by atoms with Crippen molar-refractivity contribution < 1.29 is 4.74 Å². The third-order valence-electron chi connectivity index (χ3n) is 2.89.